The van der Waals surface area contributed by atoms with Crippen LogP contribution in [0.4, 0.5) is 0 Å². The van der Waals surface area contributed by atoms with Gasteiger partial charge in [0.2, 0.25) is 0 Å². The van der Waals surface area contributed by atoms with Crippen molar-refractivity contribution in [2.45, 2.75) is 20.8 Å². The molecule has 2 rings (SSSR count). The molecule has 0 aliphatic rings. The second kappa shape index (κ2) is 7.29. The fourth-order valence-corrected chi connectivity index (χ4v) is 2.55. The molecule has 0 atom stereocenters. The van der Waals surface area contributed by atoms with Crippen LogP contribution in [-0.2, 0) is 0 Å². The number of hydrogen-bond acceptors (Lipinski definition) is 0. The average molecular weight is 309 g/mol. The van der Waals surface area contributed by atoms with Crippen LogP contribution in [0.5, 0.6) is 0 Å². The SMILES string of the molecule is C=C(C)C(/C=C(/c1ccccc1)c1ccc(Cl)cc1)=C(C)C. The van der Waals surface area contributed by atoms with E-state index in [0.29, 0.717) is 0 Å². The van der Waals surface area contributed by atoms with Crippen LogP contribution in [0.1, 0.15) is 31.9 Å². The summed E-state index contributed by atoms with van der Waals surface area (Å²) in [6.45, 7) is 10.4. The third-order valence-electron chi connectivity index (χ3n) is 3.53. The Hall–Kier alpha value is -2.05. The zero-order chi connectivity index (χ0) is 16.1. The standard InChI is InChI=1S/C21H21Cl/c1-15(2)20(16(3)4)14-21(17-8-6-5-7-9-17)18-10-12-19(22)13-11-18/h5-14H,1H2,2-4H3/b21-14-. The van der Waals surface area contributed by atoms with Gasteiger partial charge in [-0.3, -0.25) is 0 Å². The van der Waals surface area contributed by atoms with E-state index < -0.39 is 0 Å². The normalized spacial score (nSPS) is 11.2. The monoisotopic (exact) mass is 308 g/mol. The zero-order valence-corrected chi connectivity index (χ0v) is 14.1. The van der Waals surface area contributed by atoms with Gasteiger partial charge in [-0.25, -0.2) is 0 Å². The van der Waals surface area contributed by atoms with E-state index in [0.717, 1.165) is 16.2 Å². The van der Waals surface area contributed by atoms with Crippen LogP contribution >= 0.6 is 11.6 Å². The van der Waals surface area contributed by atoms with Crippen molar-refractivity contribution in [2.24, 2.45) is 0 Å². The van der Waals surface area contributed by atoms with Crippen LogP contribution in [0.2, 0.25) is 5.02 Å². The Balaban J connectivity index is 2.63. The highest BCUT2D eigenvalue weighted by Crippen LogP contribution is 2.28. The minimum absolute atomic E-state index is 0.749. The van der Waals surface area contributed by atoms with Crippen molar-refractivity contribution in [2.75, 3.05) is 0 Å². The molecule has 0 bridgehead atoms. The van der Waals surface area contributed by atoms with Crippen molar-refractivity contribution in [3.63, 3.8) is 0 Å². The Bertz CT molecular complexity index is 712. The topological polar surface area (TPSA) is 0 Å². The van der Waals surface area contributed by atoms with Gasteiger partial charge in [-0.2, -0.15) is 0 Å². The van der Waals surface area contributed by atoms with Gasteiger partial charge in [0.05, 0.1) is 0 Å². The van der Waals surface area contributed by atoms with Crippen molar-refractivity contribution in [1.29, 1.82) is 0 Å². The molecule has 0 saturated heterocycles. The average Bonchev–Trinajstić information content (AvgIpc) is 2.49. The summed E-state index contributed by atoms with van der Waals surface area (Å²) in [7, 11) is 0. The zero-order valence-electron chi connectivity index (χ0n) is 13.4. The minimum Gasteiger partial charge on any atom is -0.0955 e. The molecule has 0 saturated carbocycles. The second-order valence-electron chi connectivity index (χ2n) is 5.62. The second-order valence-corrected chi connectivity index (χ2v) is 6.06. The predicted octanol–water partition coefficient (Wildman–Crippen LogP) is 6.68. The van der Waals surface area contributed by atoms with Crippen LogP contribution in [0.3, 0.4) is 0 Å². The van der Waals surface area contributed by atoms with Crippen molar-refractivity contribution in [3.05, 3.63) is 100 Å². The molecule has 0 aliphatic heterocycles. The van der Waals surface area contributed by atoms with Gasteiger partial charge in [-0.1, -0.05) is 71.8 Å². The molecular weight excluding hydrogens is 288 g/mol. The number of rotatable bonds is 4. The van der Waals surface area contributed by atoms with E-state index in [1.165, 1.54) is 22.3 Å². The highest BCUT2D eigenvalue weighted by atomic mass is 35.5. The number of halogens is 1. The summed E-state index contributed by atoms with van der Waals surface area (Å²) in [5.74, 6) is 0. The molecule has 0 heterocycles. The van der Waals surface area contributed by atoms with Gasteiger partial charge >= 0.3 is 0 Å². The summed E-state index contributed by atoms with van der Waals surface area (Å²) < 4.78 is 0. The van der Waals surface area contributed by atoms with Gasteiger partial charge in [0.25, 0.3) is 0 Å². The molecular formula is C21H21Cl. The third-order valence-corrected chi connectivity index (χ3v) is 3.78. The lowest BCUT2D eigenvalue weighted by Crippen LogP contribution is -1.92. The van der Waals surface area contributed by atoms with E-state index >= 15 is 0 Å². The number of hydrogen-bond donors (Lipinski definition) is 0. The molecule has 22 heavy (non-hydrogen) atoms. The van der Waals surface area contributed by atoms with Crippen LogP contribution in [0.25, 0.3) is 5.57 Å². The molecule has 0 spiro atoms. The quantitative estimate of drug-likeness (QED) is 0.552. The van der Waals surface area contributed by atoms with Crippen LogP contribution in [-0.4, -0.2) is 0 Å². The van der Waals surface area contributed by atoms with E-state index in [1.807, 2.05) is 25.1 Å². The number of allylic oxidation sites excluding steroid dienone is 4. The number of benzene rings is 2. The lowest BCUT2D eigenvalue weighted by atomic mass is 9.93. The Morgan fingerprint density at radius 2 is 1.41 bits per heavy atom. The first kappa shape index (κ1) is 16.3. The van der Waals surface area contributed by atoms with E-state index in [9.17, 15) is 0 Å². The summed E-state index contributed by atoms with van der Waals surface area (Å²) in [6.07, 6.45) is 2.22. The fourth-order valence-electron chi connectivity index (χ4n) is 2.42. The minimum atomic E-state index is 0.749. The summed E-state index contributed by atoms with van der Waals surface area (Å²) >= 11 is 6.03. The molecule has 2 aromatic carbocycles. The molecule has 0 N–H and O–H groups in total. The first-order valence-electron chi connectivity index (χ1n) is 7.35. The van der Waals surface area contributed by atoms with E-state index in [4.69, 9.17) is 11.6 Å². The van der Waals surface area contributed by atoms with Crippen LogP contribution in [0, 0.1) is 0 Å². The first-order chi connectivity index (χ1) is 10.5. The lowest BCUT2D eigenvalue weighted by Gasteiger charge is -2.12. The Morgan fingerprint density at radius 1 is 0.864 bits per heavy atom. The van der Waals surface area contributed by atoms with Gasteiger partial charge < -0.3 is 0 Å². The molecule has 0 nitrogen and oxygen atoms in total. The molecule has 2 aromatic rings. The van der Waals surface area contributed by atoms with Crippen LogP contribution < -0.4 is 0 Å². The van der Waals surface area contributed by atoms with Gasteiger partial charge in [0.1, 0.15) is 0 Å². The van der Waals surface area contributed by atoms with E-state index in [-0.39, 0.29) is 0 Å². The molecule has 0 fully saturated rings. The molecule has 0 radical (unpaired) electrons. The fraction of sp³-hybridized carbons (Fsp3) is 0.143. The smallest absolute Gasteiger partial charge is 0.0406 e. The van der Waals surface area contributed by atoms with Crippen molar-refractivity contribution in [1.82, 2.24) is 0 Å². The molecule has 1 heteroatoms. The molecule has 0 amide bonds. The van der Waals surface area contributed by atoms with Gasteiger partial charge in [-0.15, -0.1) is 0 Å². The van der Waals surface area contributed by atoms with E-state index in [2.05, 4.69) is 62.9 Å². The molecule has 0 aromatic heterocycles. The van der Waals surface area contributed by atoms with E-state index in [1.54, 1.807) is 0 Å². The highest BCUT2D eigenvalue weighted by Gasteiger charge is 2.07. The summed E-state index contributed by atoms with van der Waals surface area (Å²) in [5.41, 5.74) is 7.03. The van der Waals surface area contributed by atoms with Gasteiger partial charge in [0, 0.05) is 5.02 Å². The Labute approximate surface area is 138 Å². The van der Waals surface area contributed by atoms with Crippen molar-refractivity contribution < 1.29 is 0 Å². The largest absolute Gasteiger partial charge is 0.0955 e. The summed E-state index contributed by atoms with van der Waals surface area (Å²) in [5, 5.41) is 0.749. The van der Waals surface area contributed by atoms with Gasteiger partial charge in [-0.05, 0) is 61.3 Å². The maximum absolute atomic E-state index is 6.03. The van der Waals surface area contributed by atoms with Gasteiger partial charge in [0.15, 0.2) is 0 Å². The summed E-state index contributed by atoms with van der Waals surface area (Å²) in [4.78, 5) is 0. The molecule has 112 valence electrons. The summed E-state index contributed by atoms with van der Waals surface area (Å²) in [6, 6.07) is 18.4. The predicted molar refractivity (Wildman–Crippen MR) is 98.2 cm³/mol. The van der Waals surface area contributed by atoms with Crippen LogP contribution in [0.15, 0.2) is 84.0 Å². The van der Waals surface area contributed by atoms with Crippen molar-refractivity contribution >= 4 is 17.2 Å². The Kier molecular flexibility index (Phi) is 5.41. The third kappa shape index (κ3) is 3.99. The highest BCUT2D eigenvalue weighted by molar-refractivity contribution is 6.30. The Morgan fingerprint density at radius 3 is 1.91 bits per heavy atom. The lowest BCUT2D eigenvalue weighted by molar-refractivity contribution is 1.29. The first-order valence-corrected chi connectivity index (χ1v) is 7.73. The van der Waals surface area contributed by atoms with Crippen molar-refractivity contribution in [3.8, 4) is 0 Å². The molecule has 0 unspecified atom stereocenters. The molecule has 0 aliphatic carbocycles. The maximum Gasteiger partial charge on any atom is 0.0406 e. The maximum atomic E-state index is 6.03.